The van der Waals surface area contributed by atoms with Gasteiger partial charge in [-0.05, 0) is 42.0 Å². The molecule has 0 N–H and O–H groups in total. The fourth-order valence-corrected chi connectivity index (χ4v) is 3.52. The Hall–Kier alpha value is -2.13. The highest BCUT2D eigenvalue weighted by atomic mass is 16.7. The van der Waals surface area contributed by atoms with Gasteiger partial charge in [-0.3, -0.25) is 0 Å². The van der Waals surface area contributed by atoms with E-state index in [-0.39, 0.29) is 5.97 Å². The molecule has 24 heavy (non-hydrogen) atoms. The molecule has 1 aliphatic rings. The van der Waals surface area contributed by atoms with E-state index in [1.54, 1.807) is 0 Å². The zero-order chi connectivity index (χ0) is 17.2. The summed E-state index contributed by atoms with van der Waals surface area (Å²) >= 11 is 0. The maximum atomic E-state index is 12.4. The number of hydrogen-bond acceptors (Lipinski definition) is 3. The normalized spacial score (nSPS) is 18.2. The van der Waals surface area contributed by atoms with Gasteiger partial charge in [0.05, 0.1) is 6.61 Å². The second-order valence-electron chi connectivity index (χ2n) is 6.01. The van der Waals surface area contributed by atoms with Crippen LogP contribution in [0, 0.1) is 0 Å². The highest BCUT2D eigenvalue weighted by molar-refractivity contribution is 5.82. The molecule has 0 spiro atoms. The maximum absolute atomic E-state index is 12.4. The summed E-state index contributed by atoms with van der Waals surface area (Å²) in [4.78, 5) is 12.4. The highest BCUT2D eigenvalue weighted by Crippen LogP contribution is 2.54. The van der Waals surface area contributed by atoms with Crippen LogP contribution in [0.15, 0.2) is 48.5 Å². The van der Waals surface area contributed by atoms with Crippen LogP contribution in [0.2, 0.25) is 0 Å². The predicted octanol–water partition coefficient (Wildman–Crippen LogP) is 4.02. The first-order chi connectivity index (χ1) is 11.7. The van der Waals surface area contributed by atoms with Crippen LogP contribution in [0.5, 0.6) is 0 Å². The van der Waals surface area contributed by atoms with Gasteiger partial charge in [0.1, 0.15) is 0 Å². The first kappa shape index (κ1) is 16.7. The van der Waals surface area contributed by atoms with Gasteiger partial charge in [0.15, 0.2) is 11.7 Å². The Morgan fingerprint density at radius 3 is 1.92 bits per heavy atom. The zero-order valence-corrected chi connectivity index (χ0v) is 14.5. The lowest BCUT2D eigenvalue weighted by atomic mass is 9.82. The summed E-state index contributed by atoms with van der Waals surface area (Å²) in [5.41, 5.74) is 3.84. The molecule has 1 heterocycles. The lowest BCUT2D eigenvalue weighted by molar-refractivity contribution is -0.144. The summed E-state index contributed by atoms with van der Waals surface area (Å²) in [6.07, 6.45) is 1.22. The van der Waals surface area contributed by atoms with Crippen molar-refractivity contribution in [2.45, 2.75) is 45.3 Å². The summed E-state index contributed by atoms with van der Waals surface area (Å²) in [5, 5.41) is 0. The second-order valence-corrected chi connectivity index (χ2v) is 6.01. The van der Waals surface area contributed by atoms with E-state index in [9.17, 15) is 4.79 Å². The molecule has 2 aromatic rings. The van der Waals surface area contributed by atoms with Gasteiger partial charge in [0.2, 0.25) is 0 Å². The van der Waals surface area contributed by atoms with Crippen LogP contribution in [0.1, 0.15) is 43.0 Å². The summed E-state index contributed by atoms with van der Waals surface area (Å²) in [6, 6.07) is 16.4. The minimum atomic E-state index is -0.717. The fraction of sp³-hybridized carbons (Fsp3) is 0.381. The van der Waals surface area contributed by atoms with Crippen molar-refractivity contribution in [3.05, 3.63) is 70.8 Å². The molecule has 0 amide bonds. The average molecular weight is 324 g/mol. The SMILES string of the molecule is CCOC(=O)C1OC1(c1ccccc1CC)c1ccccc1CC. The van der Waals surface area contributed by atoms with Crippen LogP contribution in [-0.2, 0) is 32.7 Å². The van der Waals surface area contributed by atoms with Crippen molar-refractivity contribution in [1.82, 2.24) is 0 Å². The van der Waals surface area contributed by atoms with Crippen molar-refractivity contribution < 1.29 is 14.3 Å². The molecular weight excluding hydrogens is 300 g/mol. The molecule has 3 rings (SSSR count). The largest absolute Gasteiger partial charge is 0.464 e. The topological polar surface area (TPSA) is 38.8 Å². The highest BCUT2D eigenvalue weighted by Gasteiger charge is 2.65. The number of epoxide rings is 1. The zero-order valence-electron chi connectivity index (χ0n) is 14.5. The van der Waals surface area contributed by atoms with E-state index in [4.69, 9.17) is 9.47 Å². The summed E-state index contributed by atoms with van der Waals surface area (Å²) in [6.45, 7) is 6.43. The molecule has 3 heteroatoms. The number of rotatable bonds is 6. The van der Waals surface area contributed by atoms with Gasteiger partial charge >= 0.3 is 5.97 Å². The van der Waals surface area contributed by atoms with Crippen molar-refractivity contribution in [1.29, 1.82) is 0 Å². The van der Waals surface area contributed by atoms with Gasteiger partial charge in [0.25, 0.3) is 0 Å². The molecule has 0 bridgehead atoms. The number of ether oxygens (including phenoxy) is 2. The van der Waals surface area contributed by atoms with Crippen LogP contribution >= 0.6 is 0 Å². The first-order valence-corrected chi connectivity index (χ1v) is 8.70. The van der Waals surface area contributed by atoms with Gasteiger partial charge in [-0.1, -0.05) is 62.4 Å². The van der Waals surface area contributed by atoms with Crippen molar-refractivity contribution in [2.24, 2.45) is 0 Å². The molecule has 0 radical (unpaired) electrons. The predicted molar refractivity (Wildman–Crippen MR) is 93.9 cm³/mol. The maximum Gasteiger partial charge on any atom is 0.339 e. The third kappa shape index (κ3) is 2.63. The molecule has 126 valence electrons. The molecule has 2 aromatic carbocycles. The monoisotopic (exact) mass is 324 g/mol. The van der Waals surface area contributed by atoms with E-state index in [0.717, 1.165) is 24.0 Å². The van der Waals surface area contributed by atoms with E-state index >= 15 is 0 Å². The second kappa shape index (κ2) is 6.78. The van der Waals surface area contributed by atoms with Gasteiger partial charge in [-0.15, -0.1) is 0 Å². The Bertz CT molecular complexity index is 688. The van der Waals surface area contributed by atoms with E-state index < -0.39 is 11.7 Å². The van der Waals surface area contributed by atoms with Crippen molar-refractivity contribution in [3.63, 3.8) is 0 Å². The summed E-state index contributed by atoms with van der Waals surface area (Å²) in [5.74, 6) is -0.283. The Balaban J connectivity index is 2.15. The van der Waals surface area contributed by atoms with Crippen LogP contribution in [-0.4, -0.2) is 18.7 Å². The molecular formula is C21H24O3. The molecule has 1 aliphatic heterocycles. The quantitative estimate of drug-likeness (QED) is 0.595. The molecule has 0 aromatic heterocycles. The Morgan fingerprint density at radius 2 is 1.46 bits per heavy atom. The summed E-state index contributed by atoms with van der Waals surface area (Å²) in [7, 11) is 0. The van der Waals surface area contributed by atoms with Crippen molar-refractivity contribution in [2.75, 3.05) is 6.61 Å². The third-order valence-corrected chi connectivity index (χ3v) is 4.71. The molecule has 1 saturated heterocycles. The molecule has 0 saturated carbocycles. The van der Waals surface area contributed by atoms with E-state index in [1.807, 2.05) is 31.2 Å². The van der Waals surface area contributed by atoms with Gasteiger partial charge in [0, 0.05) is 0 Å². The minimum Gasteiger partial charge on any atom is -0.464 e. The summed E-state index contributed by atoms with van der Waals surface area (Å²) < 4.78 is 11.3. The Kier molecular flexibility index (Phi) is 4.72. The number of hydrogen-bond donors (Lipinski definition) is 0. The van der Waals surface area contributed by atoms with Crippen LogP contribution in [0.25, 0.3) is 0 Å². The lowest BCUT2D eigenvalue weighted by Crippen LogP contribution is -2.24. The van der Waals surface area contributed by atoms with Crippen LogP contribution in [0.3, 0.4) is 0 Å². The number of esters is 1. The van der Waals surface area contributed by atoms with Crippen molar-refractivity contribution >= 4 is 5.97 Å². The van der Waals surface area contributed by atoms with E-state index in [0.29, 0.717) is 6.61 Å². The smallest absolute Gasteiger partial charge is 0.339 e. The lowest BCUT2D eigenvalue weighted by Gasteiger charge is -2.20. The first-order valence-electron chi connectivity index (χ1n) is 8.70. The van der Waals surface area contributed by atoms with E-state index in [2.05, 4.69) is 38.1 Å². The Labute approximate surface area is 143 Å². The number of carbonyl (C=O) groups excluding carboxylic acids is 1. The molecule has 1 fully saturated rings. The van der Waals surface area contributed by atoms with Crippen LogP contribution < -0.4 is 0 Å². The van der Waals surface area contributed by atoms with Crippen LogP contribution in [0.4, 0.5) is 0 Å². The molecule has 1 unspecified atom stereocenters. The molecule has 0 aliphatic carbocycles. The standard InChI is InChI=1S/C21H24O3/c1-4-15-11-7-9-13-17(15)21(19(24-21)20(22)23-6-3)18-14-10-8-12-16(18)5-2/h7-14,19H,4-6H2,1-3H3. The average Bonchev–Trinajstić information content (AvgIpc) is 3.38. The van der Waals surface area contributed by atoms with Gasteiger partial charge in [-0.2, -0.15) is 0 Å². The van der Waals surface area contributed by atoms with E-state index in [1.165, 1.54) is 11.1 Å². The number of aryl methyl sites for hydroxylation is 2. The van der Waals surface area contributed by atoms with Gasteiger partial charge in [-0.25, -0.2) is 4.79 Å². The molecule has 3 nitrogen and oxygen atoms in total. The number of benzene rings is 2. The fourth-order valence-electron chi connectivity index (χ4n) is 3.52. The van der Waals surface area contributed by atoms with Crippen molar-refractivity contribution in [3.8, 4) is 0 Å². The minimum absolute atomic E-state index is 0.283. The molecule has 1 atom stereocenters. The van der Waals surface area contributed by atoms with Gasteiger partial charge < -0.3 is 9.47 Å². The third-order valence-electron chi connectivity index (χ3n) is 4.71. The Morgan fingerprint density at radius 1 is 0.958 bits per heavy atom. The number of carbonyl (C=O) groups is 1.